The van der Waals surface area contributed by atoms with Gasteiger partial charge < -0.3 is 4.90 Å². The van der Waals surface area contributed by atoms with Crippen molar-refractivity contribution in [1.29, 1.82) is 0 Å². The third-order valence-corrected chi connectivity index (χ3v) is 7.92. The van der Waals surface area contributed by atoms with Crippen LogP contribution in [0, 0.1) is 5.82 Å². The lowest BCUT2D eigenvalue weighted by Crippen LogP contribution is -2.49. The van der Waals surface area contributed by atoms with E-state index < -0.39 is 9.84 Å². The number of hydrogen-bond donors (Lipinski definition) is 0. The molecule has 2 aromatic rings. The number of benzene rings is 1. The van der Waals surface area contributed by atoms with Crippen LogP contribution in [0.5, 0.6) is 0 Å². The zero-order chi connectivity index (χ0) is 17.1. The molecule has 2 unspecified atom stereocenters. The molecular weight excluding hydrogens is 349 g/mol. The van der Waals surface area contributed by atoms with Gasteiger partial charge in [0.15, 0.2) is 0 Å². The van der Waals surface area contributed by atoms with Crippen LogP contribution in [0.1, 0.15) is 35.4 Å². The maximum atomic E-state index is 13.3. The smallest absolute Gasteiger partial charge is 0.264 e. The van der Waals surface area contributed by atoms with Crippen molar-refractivity contribution in [2.45, 2.75) is 43.0 Å². The molecule has 24 heavy (non-hydrogen) atoms. The summed E-state index contributed by atoms with van der Waals surface area (Å²) >= 11 is 1.37. The molecule has 1 aromatic heterocycles. The van der Waals surface area contributed by atoms with Crippen molar-refractivity contribution in [1.82, 2.24) is 4.90 Å². The summed E-state index contributed by atoms with van der Waals surface area (Å²) in [5.74, 6) is -0.357. The van der Waals surface area contributed by atoms with Crippen molar-refractivity contribution >= 4 is 37.2 Å². The summed E-state index contributed by atoms with van der Waals surface area (Å²) in [5.41, 5.74) is 0. The topological polar surface area (TPSA) is 54.5 Å². The van der Waals surface area contributed by atoms with Crippen LogP contribution in [0.4, 0.5) is 4.39 Å². The van der Waals surface area contributed by atoms with E-state index in [0.29, 0.717) is 17.7 Å². The Bertz CT molecular complexity index is 907. The first kappa shape index (κ1) is 16.0. The summed E-state index contributed by atoms with van der Waals surface area (Å²) in [6, 6.07) is 6.27. The van der Waals surface area contributed by atoms with Crippen LogP contribution in [-0.2, 0) is 9.84 Å². The van der Waals surface area contributed by atoms with Crippen molar-refractivity contribution in [2.24, 2.45) is 0 Å². The highest BCUT2D eigenvalue weighted by atomic mass is 32.2. The molecule has 2 bridgehead atoms. The van der Waals surface area contributed by atoms with E-state index >= 15 is 0 Å². The molecule has 2 atom stereocenters. The van der Waals surface area contributed by atoms with E-state index in [1.807, 2.05) is 4.90 Å². The lowest BCUT2D eigenvalue weighted by molar-refractivity contribution is 0.0603. The third-order valence-electron chi connectivity index (χ3n) is 5.22. The number of rotatable bonds is 2. The molecule has 4 nitrogen and oxygen atoms in total. The number of carbonyl (C=O) groups is 1. The number of amides is 1. The number of piperidine rings is 1. The normalized spacial score (nSPS) is 26.9. The number of nitrogens with zero attached hydrogens (tertiary/aromatic N) is 1. The summed E-state index contributed by atoms with van der Waals surface area (Å²) in [6.07, 6.45) is 4.07. The first-order valence-corrected chi connectivity index (χ1v) is 10.8. The highest BCUT2D eigenvalue weighted by Crippen LogP contribution is 2.40. The molecule has 4 rings (SSSR count). The Morgan fingerprint density at radius 2 is 1.88 bits per heavy atom. The van der Waals surface area contributed by atoms with Crippen molar-refractivity contribution in [2.75, 3.05) is 6.26 Å². The molecule has 1 aromatic carbocycles. The van der Waals surface area contributed by atoms with Gasteiger partial charge in [0.2, 0.25) is 0 Å². The van der Waals surface area contributed by atoms with Crippen LogP contribution in [0.3, 0.4) is 0 Å². The molecular formula is C17H18FNO3S2. The fourth-order valence-electron chi connectivity index (χ4n) is 4.06. The van der Waals surface area contributed by atoms with E-state index in [1.165, 1.54) is 29.7 Å². The number of hydrogen-bond acceptors (Lipinski definition) is 4. The molecule has 128 valence electrons. The van der Waals surface area contributed by atoms with Gasteiger partial charge >= 0.3 is 0 Å². The Labute approximate surface area is 144 Å². The minimum absolute atomic E-state index is 0.00192. The van der Waals surface area contributed by atoms with Crippen molar-refractivity contribution < 1.29 is 17.6 Å². The average molecular weight is 367 g/mol. The lowest BCUT2D eigenvalue weighted by Gasteiger charge is -2.38. The number of carbonyl (C=O) groups excluding carboxylic acids is 1. The first-order valence-electron chi connectivity index (χ1n) is 8.03. The maximum absolute atomic E-state index is 13.3. The standard InChI is InChI=1S/C17H18FNO3S2/c1-24(21,22)14-8-12-3-4-13(9-14)19(12)17(20)16-7-10-6-11(18)2-5-15(10)23-16/h2,5-7,12-14H,3-4,8-9H2,1H3. The number of thiophene rings is 1. The zero-order valence-electron chi connectivity index (χ0n) is 13.2. The van der Waals surface area contributed by atoms with Gasteiger partial charge in [-0.3, -0.25) is 4.79 Å². The van der Waals surface area contributed by atoms with Gasteiger partial charge in [0.25, 0.3) is 5.91 Å². The third kappa shape index (κ3) is 2.63. The summed E-state index contributed by atoms with van der Waals surface area (Å²) in [4.78, 5) is 15.4. The molecule has 7 heteroatoms. The Morgan fingerprint density at radius 3 is 2.50 bits per heavy atom. The van der Waals surface area contributed by atoms with Gasteiger partial charge in [-0.25, -0.2) is 12.8 Å². The SMILES string of the molecule is CS(=O)(=O)C1CC2CCC(C1)N2C(=O)c1cc2cc(F)ccc2s1. The molecule has 3 heterocycles. The van der Waals surface area contributed by atoms with Gasteiger partial charge in [-0.15, -0.1) is 11.3 Å². The second-order valence-corrected chi connectivity index (χ2v) is 10.2. The lowest BCUT2D eigenvalue weighted by atomic mass is 10.0. The molecule has 0 saturated carbocycles. The molecule has 1 amide bonds. The van der Waals surface area contributed by atoms with Crippen molar-refractivity contribution in [3.8, 4) is 0 Å². The number of halogens is 1. The van der Waals surface area contributed by atoms with Gasteiger partial charge in [0, 0.05) is 23.0 Å². The van der Waals surface area contributed by atoms with Crippen LogP contribution in [0.2, 0.25) is 0 Å². The van der Waals surface area contributed by atoms with Gasteiger partial charge in [-0.2, -0.15) is 0 Å². The first-order chi connectivity index (χ1) is 11.3. The molecule has 2 aliphatic rings. The highest BCUT2D eigenvalue weighted by molar-refractivity contribution is 7.91. The van der Waals surface area contributed by atoms with E-state index in [9.17, 15) is 17.6 Å². The Hall–Kier alpha value is -1.47. The minimum Gasteiger partial charge on any atom is -0.332 e. The largest absolute Gasteiger partial charge is 0.332 e. The van der Waals surface area contributed by atoms with Gasteiger partial charge in [-0.1, -0.05) is 0 Å². The van der Waals surface area contributed by atoms with E-state index in [-0.39, 0.29) is 29.1 Å². The van der Waals surface area contributed by atoms with E-state index in [2.05, 4.69) is 0 Å². The Balaban J connectivity index is 1.63. The predicted molar refractivity (Wildman–Crippen MR) is 92.6 cm³/mol. The van der Waals surface area contributed by atoms with Gasteiger partial charge in [-0.05, 0) is 55.3 Å². The van der Waals surface area contributed by atoms with Crippen LogP contribution in [0.15, 0.2) is 24.3 Å². The number of fused-ring (bicyclic) bond motifs is 3. The number of sulfone groups is 1. The molecule has 0 radical (unpaired) electrons. The van der Waals surface area contributed by atoms with Crippen LogP contribution in [0.25, 0.3) is 10.1 Å². The van der Waals surface area contributed by atoms with E-state index in [0.717, 1.165) is 22.9 Å². The van der Waals surface area contributed by atoms with Crippen molar-refractivity contribution in [3.63, 3.8) is 0 Å². The second kappa shape index (κ2) is 5.52. The summed E-state index contributed by atoms with van der Waals surface area (Å²) < 4.78 is 38.0. The second-order valence-electron chi connectivity index (χ2n) is 6.81. The summed E-state index contributed by atoms with van der Waals surface area (Å²) in [6.45, 7) is 0. The monoisotopic (exact) mass is 367 g/mol. The molecule has 2 fully saturated rings. The highest BCUT2D eigenvalue weighted by Gasteiger charge is 2.46. The molecule has 0 spiro atoms. The molecule has 0 aliphatic carbocycles. The van der Waals surface area contributed by atoms with Crippen LogP contribution < -0.4 is 0 Å². The van der Waals surface area contributed by atoms with E-state index in [1.54, 1.807) is 12.1 Å². The van der Waals surface area contributed by atoms with Crippen molar-refractivity contribution in [3.05, 3.63) is 35.0 Å². The van der Waals surface area contributed by atoms with Gasteiger partial charge in [0.05, 0.1) is 10.1 Å². The van der Waals surface area contributed by atoms with Gasteiger partial charge in [0.1, 0.15) is 15.7 Å². The predicted octanol–water partition coefficient (Wildman–Crippen LogP) is 3.22. The van der Waals surface area contributed by atoms with E-state index in [4.69, 9.17) is 0 Å². The minimum atomic E-state index is -3.07. The van der Waals surface area contributed by atoms with Crippen LogP contribution in [-0.4, -0.2) is 42.8 Å². The fourth-order valence-corrected chi connectivity index (χ4v) is 6.19. The summed E-state index contributed by atoms with van der Waals surface area (Å²) in [5, 5.41) is 0.400. The molecule has 2 saturated heterocycles. The Kier molecular flexibility index (Phi) is 3.69. The summed E-state index contributed by atoms with van der Waals surface area (Å²) in [7, 11) is -3.07. The van der Waals surface area contributed by atoms with Crippen LogP contribution >= 0.6 is 11.3 Å². The molecule has 2 aliphatic heterocycles. The quantitative estimate of drug-likeness (QED) is 0.819. The molecule has 0 N–H and O–H groups in total. The Morgan fingerprint density at radius 1 is 1.21 bits per heavy atom. The zero-order valence-corrected chi connectivity index (χ0v) is 14.9. The average Bonchev–Trinajstić information content (AvgIpc) is 3.03. The fraction of sp³-hybridized carbons (Fsp3) is 0.471. The maximum Gasteiger partial charge on any atom is 0.264 e.